The van der Waals surface area contributed by atoms with Gasteiger partial charge < -0.3 is 19.1 Å². The van der Waals surface area contributed by atoms with E-state index in [0.29, 0.717) is 39.5 Å². The molecular formula is C37H29NO7. The summed E-state index contributed by atoms with van der Waals surface area (Å²) < 4.78 is 16.4. The molecule has 1 saturated heterocycles. The maximum absolute atomic E-state index is 14.9. The van der Waals surface area contributed by atoms with Crippen LogP contribution in [0.2, 0.25) is 0 Å². The lowest BCUT2D eigenvalue weighted by atomic mass is 9.64. The Labute approximate surface area is 259 Å². The van der Waals surface area contributed by atoms with Crippen LogP contribution in [0.25, 0.3) is 6.08 Å². The van der Waals surface area contributed by atoms with E-state index >= 15 is 0 Å². The first-order chi connectivity index (χ1) is 21.8. The zero-order valence-corrected chi connectivity index (χ0v) is 24.9. The third-order valence-electron chi connectivity index (χ3n) is 9.15. The Kier molecular flexibility index (Phi) is 6.66. The molecule has 2 heterocycles. The van der Waals surface area contributed by atoms with E-state index in [0.717, 1.165) is 11.3 Å². The summed E-state index contributed by atoms with van der Waals surface area (Å²) in [5, 5.41) is 0. The highest BCUT2D eigenvalue weighted by Crippen LogP contribution is 2.61. The maximum atomic E-state index is 14.9. The summed E-state index contributed by atoms with van der Waals surface area (Å²) >= 11 is 0. The van der Waals surface area contributed by atoms with E-state index in [1.807, 2.05) is 41.3 Å². The Hall–Kier alpha value is -5.50. The van der Waals surface area contributed by atoms with E-state index in [1.165, 1.54) is 21.1 Å². The van der Waals surface area contributed by atoms with Crippen LogP contribution in [0.15, 0.2) is 97.1 Å². The molecule has 8 heteroatoms. The van der Waals surface area contributed by atoms with Gasteiger partial charge in [-0.15, -0.1) is 0 Å². The van der Waals surface area contributed by atoms with Crippen LogP contribution in [0.4, 0.5) is 5.69 Å². The third kappa shape index (κ3) is 4.05. The van der Waals surface area contributed by atoms with Gasteiger partial charge in [0.2, 0.25) is 0 Å². The lowest BCUT2D eigenvalue weighted by Crippen LogP contribution is -2.48. The van der Waals surface area contributed by atoms with Crippen molar-refractivity contribution in [1.82, 2.24) is 0 Å². The van der Waals surface area contributed by atoms with Gasteiger partial charge in [0.25, 0.3) is 0 Å². The Bertz CT molecular complexity index is 1890. The van der Waals surface area contributed by atoms with Crippen LogP contribution in [0.5, 0.6) is 17.2 Å². The molecule has 0 aromatic heterocycles. The third-order valence-corrected chi connectivity index (χ3v) is 9.15. The first kappa shape index (κ1) is 28.3. The second-order valence-corrected chi connectivity index (χ2v) is 11.4. The van der Waals surface area contributed by atoms with Crippen LogP contribution in [0, 0.1) is 5.41 Å². The molecule has 45 heavy (non-hydrogen) atoms. The van der Waals surface area contributed by atoms with Gasteiger partial charge in [0.15, 0.2) is 28.8 Å². The number of Topliss-reactive ketones (excluding diaryl/α,β-unsaturated/α-hetero) is 3. The van der Waals surface area contributed by atoms with Gasteiger partial charge in [0, 0.05) is 35.2 Å². The molecular weight excluding hydrogens is 570 g/mol. The lowest BCUT2D eigenvalue weighted by Gasteiger charge is -2.37. The molecule has 3 atom stereocenters. The van der Waals surface area contributed by atoms with Gasteiger partial charge in [-0.2, -0.15) is 0 Å². The largest absolute Gasteiger partial charge is 0.493 e. The Morgan fingerprint density at radius 1 is 0.778 bits per heavy atom. The average Bonchev–Trinajstić information content (AvgIpc) is 3.50. The standard InChI is InChI=1S/C37H29NO7/c1-21(39)45-25-16-12-23(13-17-25)34(40)33-32(24-14-18-29(43-2)30(20-24)44-3)37(35(41)26-9-5-6-10-27(26)36(37)42)31-19-15-22-8-4-7-11-28(22)38(31)33/h4-20,31-33H,1-3H3/t31?,32-,33+/m0/s1. The van der Waals surface area contributed by atoms with E-state index in [1.54, 1.807) is 66.7 Å². The number of fused-ring (bicyclic) bond motifs is 5. The number of hydrogen-bond acceptors (Lipinski definition) is 8. The molecule has 8 nitrogen and oxygen atoms in total. The Balaban J connectivity index is 1.50. The number of para-hydroxylation sites is 1. The van der Waals surface area contributed by atoms with Crippen molar-refractivity contribution in [2.75, 3.05) is 19.1 Å². The minimum atomic E-state index is -1.65. The number of carbonyl (C=O) groups is 4. The molecule has 0 bridgehead atoms. The van der Waals surface area contributed by atoms with Crippen molar-refractivity contribution in [3.05, 3.63) is 125 Å². The average molecular weight is 600 g/mol. The van der Waals surface area contributed by atoms with Crippen LogP contribution in [0.1, 0.15) is 55.0 Å². The second kappa shape index (κ2) is 10.6. The molecule has 1 spiro atoms. The van der Waals surface area contributed by atoms with Crippen LogP contribution in [0.3, 0.4) is 0 Å². The molecule has 4 aromatic rings. The van der Waals surface area contributed by atoms with Gasteiger partial charge >= 0.3 is 5.97 Å². The van der Waals surface area contributed by atoms with Gasteiger partial charge in [-0.05, 0) is 53.6 Å². The Morgan fingerprint density at radius 2 is 1.42 bits per heavy atom. The first-order valence-electron chi connectivity index (χ1n) is 14.6. The highest BCUT2D eigenvalue weighted by molar-refractivity contribution is 6.32. The van der Waals surface area contributed by atoms with Gasteiger partial charge in [-0.25, -0.2) is 0 Å². The van der Waals surface area contributed by atoms with Gasteiger partial charge in [0.05, 0.1) is 20.3 Å². The second-order valence-electron chi connectivity index (χ2n) is 11.4. The molecule has 0 amide bonds. The highest BCUT2D eigenvalue weighted by Gasteiger charge is 2.71. The first-order valence-corrected chi connectivity index (χ1v) is 14.6. The Morgan fingerprint density at radius 3 is 2.07 bits per heavy atom. The van der Waals surface area contributed by atoms with E-state index in [9.17, 15) is 19.2 Å². The molecule has 1 aliphatic carbocycles. The van der Waals surface area contributed by atoms with Crippen molar-refractivity contribution in [3.63, 3.8) is 0 Å². The zero-order valence-electron chi connectivity index (χ0n) is 24.9. The monoisotopic (exact) mass is 599 g/mol. The number of benzene rings is 4. The topological polar surface area (TPSA) is 99.2 Å². The summed E-state index contributed by atoms with van der Waals surface area (Å²) in [5.74, 6) is -1.11. The number of ketones is 3. The van der Waals surface area contributed by atoms with Crippen molar-refractivity contribution in [2.24, 2.45) is 5.41 Å². The van der Waals surface area contributed by atoms with Crippen LogP contribution in [-0.4, -0.2) is 49.6 Å². The van der Waals surface area contributed by atoms with E-state index < -0.39 is 29.4 Å². The fourth-order valence-corrected chi connectivity index (χ4v) is 7.36. The highest BCUT2D eigenvalue weighted by atomic mass is 16.5. The number of ether oxygens (including phenoxy) is 3. The molecule has 224 valence electrons. The number of anilines is 1. The van der Waals surface area contributed by atoms with Crippen molar-refractivity contribution in [3.8, 4) is 17.2 Å². The maximum Gasteiger partial charge on any atom is 0.308 e. The quantitative estimate of drug-likeness (QED) is 0.116. The number of esters is 1. The number of carbonyl (C=O) groups excluding carboxylic acids is 4. The summed E-state index contributed by atoms with van der Waals surface area (Å²) in [4.78, 5) is 58.0. The van der Waals surface area contributed by atoms with Crippen LogP contribution in [-0.2, 0) is 4.79 Å². The minimum Gasteiger partial charge on any atom is -0.493 e. The molecule has 4 aromatic carbocycles. The minimum absolute atomic E-state index is 0.285. The lowest BCUT2D eigenvalue weighted by molar-refractivity contribution is -0.131. The summed E-state index contributed by atoms with van der Waals surface area (Å²) in [7, 11) is 3.05. The molecule has 1 fully saturated rings. The van der Waals surface area contributed by atoms with Crippen molar-refractivity contribution in [1.29, 1.82) is 0 Å². The summed E-state index contributed by atoms with van der Waals surface area (Å²) in [6, 6.07) is 24.4. The van der Waals surface area contributed by atoms with Crippen molar-refractivity contribution < 1.29 is 33.4 Å². The molecule has 7 rings (SSSR count). The van der Waals surface area contributed by atoms with Crippen LogP contribution >= 0.6 is 0 Å². The summed E-state index contributed by atoms with van der Waals surface area (Å²) in [5.41, 5.74) is 1.61. The predicted molar refractivity (Wildman–Crippen MR) is 167 cm³/mol. The van der Waals surface area contributed by atoms with E-state index in [-0.39, 0.29) is 17.3 Å². The zero-order chi connectivity index (χ0) is 31.5. The SMILES string of the molecule is COc1ccc([C@H]2[C@H](C(=O)c3ccc(OC(C)=O)cc3)N3c4ccccc4C=CC3C23C(=O)c2ccccc2C3=O)cc1OC. The fraction of sp³-hybridized carbons (Fsp3) is 0.189. The predicted octanol–water partition coefficient (Wildman–Crippen LogP) is 5.95. The molecule has 3 aliphatic rings. The molecule has 2 aliphatic heterocycles. The smallest absolute Gasteiger partial charge is 0.308 e. The van der Waals surface area contributed by atoms with E-state index in [2.05, 4.69) is 0 Å². The van der Waals surface area contributed by atoms with Crippen molar-refractivity contribution >= 4 is 35.1 Å². The number of methoxy groups -OCH3 is 2. The normalized spacial score (nSPS) is 20.4. The van der Waals surface area contributed by atoms with E-state index in [4.69, 9.17) is 14.2 Å². The van der Waals surface area contributed by atoms with Gasteiger partial charge in [-0.1, -0.05) is 60.7 Å². The molecule has 0 saturated carbocycles. The molecule has 1 unspecified atom stereocenters. The fourth-order valence-electron chi connectivity index (χ4n) is 7.36. The molecule has 0 N–H and O–H groups in total. The van der Waals surface area contributed by atoms with Gasteiger partial charge in [0.1, 0.15) is 17.2 Å². The van der Waals surface area contributed by atoms with Crippen molar-refractivity contribution in [2.45, 2.75) is 24.9 Å². The number of hydrogen-bond donors (Lipinski definition) is 0. The van der Waals surface area contributed by atoms with Gasteiger partial charge in [-0.3, -0.25) is 19.2 Å². The summed E-state index contributed by atoms with van der Waals surface area (Å²) in [6.45, 7) is 1.31. The molecule has 0 radical (unpaired) electrons. The summed E-state index contributed by atoms with van der Waals surface area (Å²) in [6.07, 6.45) is 3.81. The number of nitrogens with zero attached hydrogens (tertiary/aromatic N) is 1. The van der Waals surface area contributed by atoms with Crippen LogP contribution < -0.4 is 19.1 Å². The number of rotatable bonds is 6.